The number of thiazole rings is 1. The topological polar surface area (TPSA) is 97.0 Å². The minimum atomic E-state index is -0.495. The van der Waals surface area contributed by atoms with Gasteiger partial charge in [-0.2, -0.15) is 5.26 Å². The molecule has 0 aromatic carbocycles. The Morgan fingerprint density at radius 3 is 2.83 bits per heavy atom. The van der Waals surface area contributed by atoms with E-state index >= 15 is 0 Å². The minimum absolute atomic E-state index is 0.00431. The number of ether oxygens (including phenoxy) is 1. The van der Waals surface area contributed by atoms with Gasteiger partial charge in [-0.1, -0.05) is 0 Å². The molecule has 120 valence electrons. The van der Waals surface area contributed by atoms with Gasteiger partial charge in [0.2, 0.25) is 5.91 Å². The first kappa shape index (κ1) is 16.9. The fourth-order valence-electron chi connectivity index (χ4n) is 2.13. The molecular weight excluding hydrogens is 316 g/mol. The molecule has 0 saturated carbocycles. The number of nitrogens with one attached hydrogen (secondary N) is 1. The standard InChI is InChI=1S/C15H16N4O3S/c1-9-8-23-15(17-9)18-13(20)6-19-10(2)4-11(7-22-3)12(5-16)14(19)21/h4,8H,6-7H2,1-3H3,(H,17,18,20). The third kappa shape index (κ3) is 3.83. The quantitative estimate of drug-likeness (QED) is 0.896. The first-order valence-electron chi connectivity index (χ1n) is 6.80. The van der Waals surface area contributed by atoms with Gasteiger partial charge in [0.25, 0.3) is 5.56 Å². The summed E-state index contributed by atoms with van der Waals surface area (Å²) >= 11 is 1.31. The first-order valence-corrected chi connectivity index (χ1v) is 7.68. The van der Waals surface area contributed by atoms with E-state index in [0.29, 0.717) is 16.4 Å². The molecule has 23 heavy (non-hydrogen) atoms. The third-order valence-electron chi connectivity index (χ3n) is 3.17. The highest BCUT2D eigenvalue weighted by Crippen LogP contribution is 2.14. The Morgan fingerprint density at radius 2 is 2.26 bits per heavy atom. The summed E-state index contributed by atoms with van der Waals surface area (Å²) in [6.07, 6.45) is 0. The van der Waals surface area contributed by atoms with E-state index in [9.17, 15) is 14.9 Å². The third-order valence-corrected chi connectivity index (χ3v) is 4.04. The average molecular weight is 332 g/mol. The summed E-state index contributed by atoms with van der Waals surface area (Å²) in [5.41, 5.74) is 1.42. The fraction of sp³-hybridized carbons (Fsp3) is 0.333. The molecule has 0 fully saturated rings. The van der Waals surface area contributed by atoms with E-state index in [-0.39, 0.29) is 24.6 Å². The number of methoxy groups -OCH3 is 1. The summed E-state index contributed by atoms with van der Waals surface area (Å²) in [6.45, 7) is 3.53. The predicted molar refractivity (Wildman–Crippen MR) is 86.3 cm³/mol. The summed E-state index contributed by atoms with van der Waals surface area (Å²) in [7, 11) is 1.49. The molecular formula is C15H16N4O3S. The van der Waals surface area contributed by atoms with Crippen LogP contribution in [0.2, 0.25) is 0 Å². The number of aryl methyl sites for hydroxylation is 2. The molecule has 0 aliphatic heterocycles. The number of anilines is 1. The van der Waals surface area contributed by atoms with E-state index in [0.717, 1.165) is 5.69 Å². The van der Waals surface area contributed by atoms with Gasteiger partial charge in [-0.05, 0) is 19.9 Å². The van der Waals surface area contributed by atoms with Crippen molar-refractivity contribution < 1.29 is 9.53 Å². The molecule has 0 bridgehead atoms. The molecule has 0 aliphatic carbocycles. The van der Waals surface area contributed by atoms with Crippen molar-refractivity contribution in [1.82, 2.24) is 9.55 Å². The number of amides is 1. The van der Waals surface area contributed by atoms with Gasteiger partial charge in [-0.25, -0.2) is 4.98 Å². The normalized spacial score (nSPS) is 10.3. The van der Waals surface area contributed by atoms with Crippen LogP contribution in [0.5, 0.6) is 0 Å². The van der Waals surface area contributed by atoms with Crippen molar-refractivity contribution in [3.8, 4) is 6.07 Å². The summed E-state index contributed by atoms with van der Waals surface area (Å²) in [4.78, 5) is 28.6. The van der Waals surface area contributed by atoms with E-state index in [1.807, 2.05) is 18.4 Å². The Bertz CT molecular complexity index is 832. The number of pyridine rings is 1. The molecule has 2 rings (SSSR count). The Morgan fingerprint density at radius 1 is 1.52 bits per heavy atom. The molecule has 2 heterocycles. The van der Waals surface area contributed by atoms with E-state index in [4.69, 9.17) is 4.74 Å². The Hall–Kier alpha value is -2.50. The van der Waals surface area contributed by atoms with Crippen LogP contribution in [0.15, 0.2) is 16.2 Å². The van der Waals surface area contributed by atoms with Gasteiger partial charge < -0.3 is 14.6 Å². The number of carbonyl (C=O) groups is 1. The van der Waals surface area contributed by atoms with Gasteiger partial charge in [-0.3, -0.25) is 9.59 Å². The zero-order valence-electron chi connectivity index (χ0n) is 13.0. The maximum atomic E-state index is 12.4. The molecule has 0 atom stereocenters. The molecule has 7 nitrogen and oxygen atoms in total. The van der Waals surface area contributed by atoms with Crippen LogP contribution in [0.25, 0.3) is 0 Å². The molecule has 1 N–H and O–H groups in total. The summed E-state index contributed by atoms with van der Waals surface area (Å²) in [6, 6.07) is 3.57. The van der Waals surface area contributed by atoms with Gasteiger partial charge in [0.1, 0.15) is 18.2 Å². The number of rotatable bonds is 5. The number of carbonyl (C=O) groups excluding carboxylic acids is 1. The first-order chi connectivity index (χ1) is 11.0. The van der Waals surface area contributed by atoms with E-state index in [2.05, 4.69) is 10.3 Å². The molecule has 0 aliphatic rings. The van der Waals surface area contributed by atoms with Crippen molar-refractivity contribution in [2.24, 2.45) is 0 Å². The van der Waals surface area contributed by atoms with Crippen LogP contribution in [-0.4, -0.2) is 22.6 Å². The minimum Gasteiger partial charge on any atom is -0.380 e. The van der Waals surface area contributed by atoms with Crippen LogP contribution in [0, 0.1) is 25.2 Å². The SMILES string of the molecule is COCc1cc(C)n(CC(=O)Nc2nc(C)cs2)c(=O)c1C#N. The molecule has 1 amide bonds. The highest BCUT2D eigenvalue weighted by molar-refractivity contribution is 7.13. The smallest absolute Gasteiger partial charge is 0.269 e. The van der Waals surface area contributed by atoms with Crippen molar-refractivity contribution >= 4 is 22.4 Å². The van der Waals surface area contributed by atoms with Crippen molar-refractivity contribution in [3.63, 3.8) is 0 Å². The number of nitrogens with zero attached hydrogens (tertiary/aromatic N) is 3. The van der Waals surface area contributed by atoms with Crippen LogP contribution >= 0.6 is 11.3 Å². The molecule has 0 spiro atoms. The van der Waals surface area contributed by atoms with Crippen LogP contribution < -0.4 is 10.9 Å². The van der Waals surface area contributed by atoms with Gasteiger partial charge in [0, 0.05) is 23.7 Å². The van der Waals surface area contributed by atoms with Crippen LogP contribution in [0.3, 0.4) is 0 Å². The predicted octanol–water partition coefficient (Wildman–Crippen LogP) is 1.58. The fourth-order valence-corrected chi connectivity index (χ4v) is 2.84. The molecule has 0 saturated heterocycles. The van der Waals surface area contributed by atoms with Gasteiger partial charge in [0.15, 0.2) is 5.13 Å². The van der Waals surface area contributed by atoms with Crippen molar-refractivity contribution in [1.29, 1.82) is 5.26 Å². The lowest BCUT2D eigenvalue weighted by molar-refractivity contribution is -0.116. The number of hydrogen-bond donors (Lipinski definition) is 1. The zero-order valence-corrected chi connectivity index (χ0v) is 13.9. The second-order valence-corrected chi connectivity index (χ2v) is 5.82. The van der Waals surface area contributed by atoms with E-state index in [1.165, 1.54) is 23.0 Å². The van der Waals surface area contributed by atoms with Gasteiger partial charge >= 0.3 is 0 Å². The Kier molecular flexibility index (Phi) is 5.26. The second-order valence-electron chi connectivity index (χ2n) is 4.96. The Labute approximate surface area is 137 Å². The highest BCUT2D eigenvalue weighted by atomic mass is 32.1. The summed E-state index contributed by atoms with van der Waals surface area (Å²) in [5, 5.41) is 14.1. The lowest BCUT2D eigenvalue weighted by Gasteiger charge is -2.12. The molecule has 0 radical (unpaired) electrons. The van der Waals surface area contributed by atoms with Crippen molar-refractivity contribution in [3.05, 3.63) is 44.3 Å². The monoisotopic (exact) mass is 332 g/mol. The number of nitriles is 1. The zero-order chi connectivity index (χ0) is 17.0. The van der Waals surface area contributed by atoms with Crippen LogP contribution in [0.4, 0.5) is 5.13 Å². The highest BCUT2D eigenvalue weighted by Gasteiger charge is 2.15. The largest absolute Gasteiger partial charge is 0.380 e. The number of hydrogen-bond acceptors (Lipinski definition) is 6. The van der Waals surface area contributed by atoms with Crippen molar-refractivity contribution in [2.45, 2.75) is 27.0 Å². The van der Waals surface area contributed by atoms with Crippen LogP contribution in [-0.2, 0) is 22.7 Å². The summed E-state index contributed by atoms with van der Waals surface area (Å²) in [5.74, 6) is -0.368. The molecule has 0 unspecified atom stereocenters. The second kappa shape index (κ2) is 7.17. The van der Waals surface area contributed by atoms with Gasteiger partial charge in [0.05, 0.1) is 12.3 Å². The van der Waals surface area contributed by atoms with Crippen LogP contribution in [0.1, 0.15) is 22.5 Å². The van der Waals surface area contributed by atoms with E-state index in [1.54, 1.807) is 13.0 Å². The van der Waals surface area contributed by atoms with E-state index < -0.39 is 5.56 Å². The summed E-state index contributed by atoms with van der Waals surface area (Å²) < 4.78 is 6.27. The maximum Gasteiger partial charge on any atom is 0.269 e. The number of aromatic nitrogens is 2. The Balaban J connectivity index is 2.27. The van der Waals surface area contributed by atoms with Gasteiger partial charge in [-0.15, -0.1) is 11.3 Å². The lowest BCUT2D eigenvalue weighted by Crippen LogP contribution is -2.31. The molecule has 2 aromatic rings. The van der Waals surface area contributed by atoms with Crippen molar-refractivity contribution in [2.75, 3.05) is 12.4 Å². The molecule has 2 aromatic heterocycles. The molecule has 8 heteroatoms. The average Bonchev–Trinajstić information content (AvgIpc) is 2.89. The lowest BCUT2D eigenvalue weighted by atomic mass is 10.1. The maximum absolute atomic E-state index is 12.4.